The molecule has 1 aromatic carbocycles. The molecule has 132 valence electrons. The van der Waals surface area contributed by atoms with E-state index in [0.29, 0.717) is 6.04 Å². The zero-order valence-electron chi connectivity index (χ0n) is 14.5. The molecular weight excluding hydrogens is 320 g/mol. The fourth-order valence-electron chi connectivity index (χ4n) is 4.64. The normalized spacial score (nSPS) is 32.0. The summed E-state index contributed by atoms with van der Waals surface area (Å²) in [5.74, 6) is 0. The van der Waals surface area contributed by atoms with E-state index in [0.717, 1.165) is 30.0 Å². The topological polar surface area (TPSA) is 26.7 Å². The molecule has 1 aromatic rings. The van der Waals surface area contributed by atoms with Crippen LogP contribution in [0.3, 0.4) is 0 Å². The Morgan fingerprint density at radius 2 is 1.67 bits per heavy atom. The molecule has 2 aliphatic heterocycles. The van der Waals surface area contributed by atoms with E-state index in [4.69, 9.17) is 11.6 Å². The summed E-state index contributed by atoms with van der Waals surface area (Å²) in [6.07, 6.45) is 8.30. The molecule has 1 saturated carbocycles. The summed E-state index contributed by atoms with van der Waals surface area (Å²) in [5.41, 5.74) is 1.53. The summed E-state index contributed by atoms with van der Waals surface area (Å²) >= 11 is 6.53. The maximum atomic E-state index is 11.0. The minimum Gasteiger partial charge on any atom is -0.385 e. The quantitative estimate of drug-likeness (QED) is 0.897. The van der Waals surface area contributed by atoms with Crippen molar-refractivity contribution in [2.24, 2.45) is 0 Å². The van der Waals surface area contributed by atoms with Crippen molar-refractivity contribution in [1.29, 1.82) is 0 Å². The van der Waals surface area contributed by atoms with Crippen LogP contribution in [0.5, 0.6) is 0 Å². The molecule has 0 radical (unpaired) electrons. The van der Waals surface area contributed by atoms with Crippen LogP contribution in [0.2, 0.25) is 5.02 Å². The third kappa shape index (κ3) is 3.37. The molecule has 2 saturated heterocycles. The van der Waals surface area contributed by atoms with E-state index in [1.165, 1.54) is 63.8 Å². The highest BCUT2D eigenvalue weighted by molar-refractivity contribution is 6.31. The predicted molar refractivity (Wildman–Crippen MR) is 98.3 cm³/mol. The van der Waals surface area contributed by atoms with Crippen LogP contribution < -0.4 is 0 Å². The van der Waals surface area contributed by atoms with E-state index < -0.39 is 5.60 Å². The molecule has 3 aliphatic rings. The Morgan fingerprint density at radius 3 is 2.33 bits per heavy atom. The Morgan fingerprint density at radius 1 is 1.00 bits per heavy atom. The number of hydrogen-bond donors (Lipinski definition) is 1. The van der Waals surface area contributed by atoms with E-state index >= 15 is 0 Å². The zero-order chi connectivity index (χ0) is 16.6. The second kappa shape index (κ2) is 6.95. The SMILES string of the molecule is OC1(c2ccc(CN3CCCC3)c(Cl)c2)CC(N2CCCCC2)C1. The largest absolute Gasteiger partial charge is 0.385 e. The summed E-state index contributed by atoms with van der Waals surface area (Å²) in [5, 5.41) is 11.8. The van der Waals surface area contributed by atoms with Gasteiger partial charge in [0.25, 0.3) is 0 Å². The van der Waals surface area contributed by atoms with E-state index in [-0.39, 0.29) is 0 Å². The smallest absolute Gasteiger partial charge is 0.0926 e. The molecule has 0 aromatic heterocycles. The van der Waals surface area contributed by atoms with Crippen molar-refractivity contribution in [3.8, 4) is 0 Å². The van der Waals surface area contributed by atoms with E-state index in [1.54, 1.807) is 0 Å². The second-order valence-corrected chi connectivity index (χ2v) is 8.39. The van der Waals surface area contributed by atoms with Gasteiger partial charge in [-0.05, 0) is 81.9 Å². The Labute approximate surface area is 150 Å². The summed E-state index contributed by atoms with van der Waals surface area (Å²) in [6.45, 7) is 5.71. The standard InChI is InChI=1S/C20H29ClN2O/c21-19-12-17(7-6-16(19)15-22-8-4-5-9-22)20(24)13-18(14-20)23-10-2-1-3-11-23/h6-7,12,18,24H,1-5,8-11,13-15H2. The molecule has 0 atom stereocenters. The van der Waals surface area contributed by atoms with E-state index in [1.807, 2.05) is 6.07 Å². The first-order valence-corrected chi connectivity index (χ1v) is 10.00. The van der Waals surface area contributed by atoms with Gasteiger partial charge in [0.2, 0.25) is 0 Å². The minimum atomic E-state index is -0.669. The van der Waals surface area contributed by atoms with Crippen LogP contribution in [0.25, 0.3) is 0 Å². The van der Waals surface area contributed by atoms with E-state index in [2.05, 4.69) is 21.9 Å². The lowest BCUT2D eigenvalue weighted by atomic mass is 9.70. The number of halogens is 1. The average molecular weight is 349 g/mol. The first-order valence-electron chi connectivity index (χ1n) is 9.62. The molecule has 4 heteroatoms. The minimum absolute atomic E-state index is 0.554. The van der Waals surface area contributed by atoms with Crippen LogP contribution in [0.15, 0.2) is 18.2 Å². The maximum Gasteiger partial charge on any atom is 0.0926 e. The van der Waals surface area contributed by atoms with Gasteiger partial charge in [-0.15, -0.1) is 0 Å². The summed E-state index contributed by atoms with van der Waals surface area (Å²) in [4.78, 5) is 5.03. The summed E-state index contributed by atoms with van der Waals surface area (Å²) < 4.78 is 0. The van der Waals surface area contributed by atoms with Crippen LogP contribution >= 0.6 is 11.6 Å². The van der Waals surface area contributed by atoms with Crippen molar-refractivity contribution in [1.82, 2.24) is 9.80 Å². The molecule has 24 heavy (non-hydrogen) atoms. The molecule has 0 amide bonds. The van der Waals surface area contributed by atoms with Gasteiger partial charge in [-0.25, -0.2) is 0 Å². The third-order valence-corrected chi connectivity index (χ3v) is 6.59. The lowest BCUT2D eigenvalue weighted by molar-refractivity contribution is -0.101. The first-order chi connectivity index (χ1) is 11.6. The van der Waals surface area contributed by atoms with Crippen molar-refractivity contribution in [3.63, 3.8) is 0 Å². The second-order valence-electron chi connectivity index (χ2n) is 7.98. The number of piperidine rings is 1. The van der Waals surface area contributed by atoms with Crippen LogP contribution in [0, 0.1) is 0 Å². The third-order valence-electron chi connectivity index (χ3n) is 6.24. The molecular formula is C20H29ClN2O. The van der Waals surface area contributed by atoms with Crippen LogP contribution in [-0.4, -0.2) is 47.1 Å². The molecule has 1 aliphatic carbocycles. The van der Waals surface area contributed by atoms with Gasteiger partial charge in [-0.1, -0.05) is 30.2 Å². The number of likely N-dealkylation sites (tertiary alicyclic amines) is 2. The molecule has 2 heterocycles. The highest BCUT2D eigenvalue weighted by Gasteiger charge is 2.46. The molecule has 1 N–H and O–H groups in total. The number of rotatable bonds is 4. The summed E-state index contributed by atoms with van der Waals surface area (Å²) in [6, 6.07) is 6.80. The Hall–Kier alpha value is -0.610. The van der Waals surface area contributed by atoms with Crippen molar-refractivity contribution < 1.29 is 5.11 Å². The van der Waals surface area contributed by atoms with Gasteiger partial charge in [-0.3, -0.25) is 4.90 Å². The lowest BCUT2D eigenvalue weighted by Crippen LogP contribution is -2.54. The van der Waals surface area contributed by atoms with Crippen molar-refractivity contribution >= 4 is 11.6 Å². The number of aliphatic hydroxyl groups is 1. The maximum absolute atomic E-state index is 11.0. The molecule has 0 unspecified atom stereocenters. The fourth-order valence-corrected chi connectivity index (χ4v) is 4.88. The Kier molecular flexibility index (Phi) is 4.88. The van der Waals surface area contributed by atoms with Crippen molar-refractivity contribution in [2.75, 3.05) is 26.2 Å². The highest BCUT2D eigenvalue weighted by Crippen LogP contribution is 2.45. The van der Waals surface area contributed by atoms with Gasteiger partial charge < -0.3 is 10.0 Å². The summed E-state index contributed by atoms with van der Waals surface area (Å²) in [7, 11) is 0. The van der Waals surface area contributed by atoms with E-state index in [9.17, 15) is 5.11 Å². The predicted octanol–water partition coefficient (Wildman–Crippen LogP) is 3.77. The first kappa shape index (κ1) is 16.8. The van der Waals surface area contributed by atoms with Crippen LogP contribution in [-0.2, 0) is 12.1 Å². The van der Waals surface area contributed by atoms with Gasteiger partial charge in [0.15, 0.2) is 0 Å². The lowest BCUT2D eigenvalue weighted by Gasteiger charge is -2.50. The fraction of sp³-hybridized carbons (Fsp3) is 0.700. The Bertz CT molecular complexity index is 573. The van der Waals surface area contributed by atoms with Gasteiger partial charge in [0.05, 0.1) is 5.60 Å². The number of benzene rings is 1. The number of nitrogens with zero attached hydrogens (tertiary/aromatic N) is 2. The number of hydrogen-bond acceptors (Lipinski definition) is 3. The van der Waals surface area contributed by atoms with Crippen LogP contribution in [0.4, 0.5) is 0 Å². The van der Waals surface area contributed by atoms with Gasteiger partial charge in [-0.2, -0.15) is 0 Å². The van der Waals surface area contributed by atoms with Gasteiger partial charge in [0.1, 0.15) is 0 Å². The molecule has 3 fully saturated rings. The zero-order valence-corrected chi connectivity index (χ0v) is 15.3. The van der Waals surface area contributed by atoms with Gasteiger partial charge in [0, 0.05) is 17.6 Å². The van der Waals surface area contributed by atoms with Crippen molar-refractivity contribution in [3.05, 3.63) is 34.3 Å². The molecule has 4 rings (SSSR count). The molecule has 0 bridgehead atoms. The average Bonchev–Trinajstić information content (AvgIpc) is 3.07. The van der Waals surface area contributed by atoms with Gasteiger partial charge >= 0.3 is 0 Å². The monoisotopic (exact) mass is 348 g/mol. The molecule has 0 spiro atoms. The van der Waals surface area contributed by atoms with Crippen LogP contribution in [0.1, 0.15) is 56.1 Å². The molecule has 3 nitrogen and oxygen atoms in total. The highest BCUT2D eigenvalue weighted by atomic mass is 35.5. The van der Waals surface area contributed by atoms with Crippen molar-refractivity contribution in [2.45, 2.75) is 63.1 Å². The Balaban J connectivity index is 1.40.